The van der Waals surface area contributed by atoms with Crippen LogP contribution in [0.2, 0.25) is 0 Å². The van der Waals surface area contributed by atoms with Crippen molar-refractivity contribution in [3.05, 3.63) is 83.7 Å². The molecule has 0 spiro atoms. The highest BCUT2D eigenvalue weighted by atomic mass is 19.1. The van der Waals surface area contributed by atoms with Crippen LogP contribution in [0.25, 0.3) is 0 Å². The molecule has 32 heavy (non-hydrogen) atoms. The molecule has 0 unspecified atom stereocenters. The van der Waals surface area contributed by atoms with Crippen LogP contribution in [0.1, 0.15) is 22.3 Å². The summed E-state index contributed by atoms with van der Waals surface area (Å²) in [5, 5.41) is 2.68. The Labute approximate surface area is 185 Å². The number of rotatable bonds is 7. The van der Waals surface area contributed by atoms with E-state index in [4.69, 9.17) is 9.47 Å². The highest BCUT2D eigenvalue weighted by Gasteiger charge is 2.26. The summed E-state index contributed by atoms with van der Waals surface area (Å²) in [6, 6.07) is 18.6. The number of fused-ring (bicyclic) bond motifs is 1. The van der Waals surface area contributed by atoms with Crippen molar-refractivity contribution in [2.45, 2.75) is 13.3 Å². The summed E-state index contributed by atoms with van der Waals surface area (Å²) in [7, 11) is 0. The third kappa shape index (κ3) is 4.88. The van der Waals surface area contributed by atoms with Gasteiger partial charge in [0.05, 0.1) is 17.9 Å². The van der Waals surface area contributed by atoms with Crippen LogP contribution in [0, 0.1) is 12.7 Å². The van der Waals surface area contributed by atoms with E-state index in [1.165, 1.54) is 18.2 Å². The maximum absolute atomic E-state index is 13.9. The zero-order valence-corrected chi connectivity index (χ0v) is 17.6. The Morgan fingerprint density at radius 1 is 1.12 bits per heavy atom. The average molecular weight is 434 g/mol. The predicted molar refractivity (Wildman–Crippen MR) is 120 cm³/mol. The van der Waals surface area contributed by atoms with Crippen LogP contribution in [0.5, 0.6) is 11.5 Å². The number of carbonyl (C=O) groups is 2. The summed E-state index contributed by atoms with van der Waals surface area (Å²) in [4.78, 5) is 26.5. The standard InChI is InChI=1S/C25H23FN2O4/c1-17-7-10-19(11-8-17)31-14-4-13-28-22-15-18(9-12-23(22)32-16-24(28)29)27-25(30)20-5-2-3-6-21(20)26/h2-3,5-12,15H,4,13-14,16H2,1H3,(H,27,30). The van der Waals surface area contributed by atoms with Crippen molar-refractivity contribution in [3.63, 3.8) is 0 Å². The second-order valence-corrected chi connectivity index (χ2v) is 7.47. The van der Waals surface area contributed by atoms with E-state index in [2.05, 4.69) is 5.32 Å². The van der Waals surface area contributed by atoms with Gasteiger partial charge in [-0.3, -0.25) is 9.59 Å². The molecule has 0 radical (unpaired) electrons. The summed E-state index contributed by atoms with van der Waals surface area (Å²) >= 11 is 0. The molecule has 0 bridgehead atoms. The van der Waals surface area contributed by atoms with Gasteiger partial charge in [-0.05, 0) is 55.8 Å². The predicted octanol–water partition coefficient (Wildman–Crippen LogP) is 4.58. The quantitative estimate of drug-likeness (QED) is 0.553. The molecule has 0 fully saturated rings. The minimum absolute atomic E-state index is 0.0489. The van der Waals surface area contributed by atoms with Gasteiger partial charge in [-0.15, -0.1) is 0 Å². The van der Waals surface area contributed by atoms with Crippen LogP contribution in [0.4, 0.5) is 15.8 Å². The third-order valence-electron chi connectivity index (χ3n) is 5.09. The molecule has 1 heterocycles. The monoisotopic (exact) mass is 434 g/mol. The van der Waals surface area contributed by atoms with Gasteiger partial charge in [0.2, 0.25) is 0 Å². The molecule has 164 valence electrons. The summed E-state index contributed by atoms with van der Waals surface area (Å²) in [6.45, 7) is 2.85. The van der Waals surface area contributed by atoms with Gasteiger partial charge in [0.25, 0.3) is 11.8 Å². The first-order valence-electron chi connectivity index (χ1n) is 10.3. The summed E-state index contributed by atoms with van der Waals surface area (Å²) in [5.74, 6) is -0.0124. The fourth-order valence-electron chi connectivity index (χ4n) is 3.42. The Morgan fingerprint density at radius 3 is 2.69 bits per heavy atom. The minimum Gasteiger partial charge on any atom is -0.494 e. The Hall–Kier alpha value is -3.87. The van der Waals surface area contributed by atoms with Crippen LogP contribution < -0.4 is 19.7 Å². The lowest BCUT2D eigenvalue weighted by Crippen LogP contribution is -2.39. The van der Waals surface area contributed by atoms with E-state index in [0.29, 0.717) is 36.7 Å². The fourth-order valence-corrected chi connectivity index (χ4v) is 3.42. The number of hydrogen-bond acceptors (Lipinski definition) is 4. The SMILES string of the molecule is Cc1ccc(OCCCN2C(=O)COc3ccc(NC(=O)c4ccccc4F)cc32)cc1. The maximum Gasteiger partial charge on any atom is 0.265 e. The van der Waals surface area contributed by atoms with E-state index in [0.717, 1.165) is 11.3 Å². The van der Waals surface area contributed by atoms with Gasteiger partial charge >= 0.3 is 0 Å². The average Bonchev–Trinajstić information content (AvgIpc) is 2.79. The molecule has 3 aromatic carbocycles. The molecule has 2 amide bonds. The highest BCUT2D eigenvalue weighted by Crippen LogP contribution is 2.35. The molecule has 0 saturated carbocycles. The van der Waals surface area contributed by atoms with Crippen LogP contribution in [0.3, 0.4) is 0 Å². The summed E-state index contributed by atoms with van der Waals surface area (Å²) < 4.78 is 25.2. The lowest BCUT2D eigenvalue weighted by molar-refractivity contribution is -0.121. The van der Waals surface area contributed by atoms with Crippen molar-refractivity contribution >= 4 is 23.2 Å². The molecule has 6 nitrogen and oxygen atoms in total. The molecular weight excluding hydrogens is 411 g/mol. The van der Waals surface area contributed by atoms with E-state index in [-0.39, 0.29) is 18.1 Å². The van der Waals surface area contributed by atoms with Gasteiger partial charge in [0.1, 0.15) is 17.3 Å². The number of carbonyl (C=O) groups excluding carboxylic acids is 2. The Kier molecular flexibility index (Phi) is 6.35. The van der Waals surface area contributed by atoms with Crippen LogP contribution >= 0.6 is 0 Å². The number of benzene rings is 3. The number of ether oxygens (including phenoxy) is 2. The normalized spacial score (nSPS) is 12.7. The number of aryl methyl sites for hydroxylation is 1. The van der Waals surface area contributed by atoms with Gasteiger partial charge in [0.15, 0.2) is 6.61 Å². The van der Waals surface area contributed by atoms with Crippen LogP contribution in [-0.4, -0.2) is 31.6 Å². The first-order valence-corrected chi connectivity index (χ1v) is 10.3. The molecule has 1 aliphatic heterocycles. The fraction of sp³-hybridized carbons (Fsp3) is 0.200. The van der Waals surface area contributed by atoms with Gasteiger partial charge in [0, 0.05) is 12.2 Å². The van der Waals surface area contributed by atoms with Gasteiger partial charge in [-0.2, -0.15) is 0 Å². The number of nitrogens with zero attached hydrogens (tertiary/aromatic N) is 1. The van der Waals surface area contributed by atoms with Gasteiger partial charge < -0.3 is 19.7 Å². The lowest BCUT2D eigenvalue weighted by Gasteiger charge is -2.30. The molecule has 4 rings (SSSR count). The lowest BCUT2D eigenvalue weighted by atomic mass is 10.1. The van der Waals surface area contributed by atoms with Crippen molar-refractivity contribution in [2.75, 3.05) is 30.0 Å². The Bertz CT molecular complexity index is 1130. The van der Waals surface area contributed by atoms with E-state index in [1.807, 2.05) is 31.2 Å². The molecule has 0 atom stereocenters. The second kappa shape index (κ2) is 9.51. The number of anilines is 2. The van der Waals surface area contributed by atoms with Crippen molar-refractivity contribution in [1.29, 1.82) is 0 Å². The van der Waals surface area contributed by atoms with Crippen molar-refractivity contribution in [3.8, 4) is 11.5 Å². The van der Waals surface area contributed by atoms with Gasteiger partial charge in [-0.25, -0.2) is 4.39 Å². The maximum atomic E-state index is 13.9. The number of nitrogens with one attached hydrogen (secondary N) is 1. The molecule has 0 aromatic heterocycles. The van der Waals surface area contributed by atoms with Crippen LogP contribution in [-0.2, 0) is 4.79 Å². The summed E-state index contributed by atoms with van der Waals surface area (Å²) in [5.41, 5.74) is 2.10. The van der Waals surface area contributed by atoms with Crippen molar-refractivity contribution < 1.29 is 23.5 Å². The molecule has 1 aliphatic rings. The molecule has 0 aliphatic carbocycles. The first-order chi connectivity index (χ1) is 15.5. The van der Waals surface area contributed by atoms with Crippen molar-refractivity contribution in [1.82, 2.24) is 0 Å². The van der Waals surface area contributed by atoms with Crippen LogP contribution in [0.15, 0.2) is 66.7 Å². The molecular formula is C25H23FN2O4. The molecule has 3 aromatic rings. The van der Waals surface area contributed by atoms with Crippen molar-refractivity contribution in [2.24, 2.45) is 0 Å². The summed E-state index contributed by atoms with van der Waals surface area (Å²) in [6.07, 6.45) is 0.616. The van der Waals surface area contributed by atoms with E-state index in [9.17, 15) is 14.0 Å². The zero-order chi connectivity index (χ0) is 22.5. The Morgan fingerprint density at radius 2 is 1.91 bits per heavy atom. The third-order valence-corrected chi connectivity index (χ3v) is 5.09. The second-order valence-electron chi connectivity index (χ2n) is 7.47. The van der Waals surface area contributed by atoms with E-state index >= 15 is 0 Å². The Balaban J connectivity index is 1.43. The number of halogens is 1. The van der Waals surface area contributed by atoms with E-state index in [1.54, 1.807) is 29.2 Å². The molecule has 1 N–H and O–H groups in total. The zero-order valence-electron chi connectivity index (χ0n) is 17.6. The smallest absolute Gasteiger partial charge is 0.265 e. The first kappa shape index (κ1) is 21.4. The topological polar surface area (TPSA) is 67.9 Å². The molecule has 7 heteroatoms. The van der Waals surface area contributed by atoms with E-state index < -0.39 is 11.7 Å². The highest BCUT2D eigenvalue weighted by molar-refractivity contribution is 6.05. The minimum atomic E-state index is -0.600. The number of hydrogen-bond donors (Lipinski definition) is 1. The largest absolute Gasteiger partial charge is 0.494 e. The van der Waals surface area contributed by atoms with Gasteiger partial charge in [-0.1, -0.05) is 29.8 Å². The number of amides is 2. The molecule has 0 saturated heterocycles.